The van der Waals surface area contributed by atoms with Crippen LogP contribution in [0.5, 0.6) is 0 Å². The molecule has 4 aromatic carbocycles. The van der Waals surface area contributed by atoms with Crippen molar-refractivity contribution >= 4 is 33.3 Å². The van der Waals surface area contributed by atoms with Crippen molar-refractivity contribution in [2.75, 3.05) is 0 Å². The van der Waals surface area contributed by atoms with Gasteiger partial charge in [-0.25, -0.2) is 0 Å². The molecule has 1 aromatic heterocycles. The highest BCUT2D eigenvalue weighted by Crippen LogP contribution is 2.34. The summed E-state index contributed by atoms with van der Waals surface area (Å²) in [7, 11) is 0. The van der Waals surface area contributed by atoms with Gasteiger partial charge in [0.15, 0.2) is 0 Å². The van der Waals surface area contributed by atoms with Gasteiger partial charge in [-0.3, -0.25) is 0 Å². The van der Waals surface area contributed by atoms with Crippen molar-refractivity contribution < 1.29 is 0 Å². The number of benzene rings is 4. The van der Waals surface area contributed by atoms with Gasteiger partial charge in [-0.2, -0.15) is 0 Å². The molecule has 1 heterocycles. The molecule has 0 bridgehead atoms. The first kappa shape index (κ1) is 17.6. The molecule has 0 amide bonds. The molecule has 0 saturated heterocycles. The van der Waals surface area contributed by atoms with Gasteiger partial charge in [0.2, 0.25) is 0 Å². The number of para-hydroxylation sites is 1. The summed E-state index contributed by atoms with van der Waals surface area (Å²) in [4.78, 5) is 3.41. The fraction of sp³-hybridized carbons (Fsp3) is 0.0370. The first-order valence-corrected chi connectivity index (χ1v) is 9.98. The van der Waals surface area contributed by atoms with Crippen LogP contribution in [-0.2, 0) is 0 Å². The summed E-state index contributed by atoms with van der Waals surface area (Å²) in [6.45, 7) is 0. The lowest BCUT2D eigenvalue weighted by molar-refractivity contribution is 1.09. The van der Waals surface area contributed by atoms with E-state index in [1.165, 1.54) is 27.3 Å². The van der Waals surface area contributed by atoms with Gasteiger partial charge in [0.25, 0.3) is 0 Å². The van der Waals surface area contributed by atoms with Crippen LogP contribution in [0.4, 0.5) is 0 Å². The second kappa shape index (κ2) is 7.51. The van der Waals surface area contributed by atoms with Gasteiger partial charge in [-0.05, 0) is 52.2 Å². The fourth-order valence-electron chi connectivity index (χ4n) is 3.85. The molecule has 0 spiro atoms. The molecule has 0 unspecified atom stereocenters. The molecule has 0 fully saturated rings. The molecule has 0 radical (unpaired) electrons. The topological polar surface area (TPSA) is 15.8 Å². The second-order valence-corrected chi connectivity index (χ2v) is 7.50. The molecular formula is C27H18ClN. The summed E-state index contributed by atoms with van der Waals surface area (Å²) in [6, 6.07) is 31.0. The first-order valence-electron chi connectivity index (χ1n) is 9.60. The molecule has 138 valence electrons. The zero-order valence-electron chi connectivity index (χ0n) is 15.7. The highest BCUT2D eigenvalue weighted by molar-refractivity contribution is 6.30. The maximum absolute atomic E-state index is 6.03. The average molecular weight is 392 g/mol. The zero-order chi connectivity index (χ0) is 19.6. The standard InChI is InChI=1S/C27H18ClN/c28-21-15-12-19(13-16-21)14-17-24(26-18-29-27-11-4-3-9-25(26)27)23-10-5-7-20-6-1-2-8-22(20)23/h1-13,15-16,18,24,29H/t24-/m1/s1. The minimum Gasteiger partial charge on any atom is -0.361 e. The molecule has 5 rings (SSSR count). The number of aromatic amines is 1. The van der Waals surface area contributed by atoms with Gasteiger partial charge in [-0.1, -0.05) is 84.1 Å². The van der Waals surface area contributed by atoms with Gasteiger partial charge < -0.3 is 4.98 Å². The summed E-state index contributed by atoms with van der Waals surface area (Å²) in [5, 5.41) is 4.38. The van der Waals surface area contributed by atoms with Gasteiger partial charge >= 0.3 is 0 Å². The molecule has 29 heavy (non-hydrogen) atoms. The Labute approximate surface area is 175 Å². The number of fused-ring (bicyclic) bond motifs is 2. The zero-order valence-corrected chi connectivity index (χ0v) is 16.4. The van der Waals surface area contributed by atoms with E-state index in [0.717, 1.165) is 16.1 Å². The van der Waals surface area contributed by atoms with Crippen molar-refractivity contribution in [2.45, 2.75) is 5.92 Å². The molecule has 5 aromatic rings. The fourth-order valence-corrected chi connectivity index (χ4v) is 3.97. The smallest absolute Gasteiger partial charge is 0.0732 e. The molecule has 0 aliphatic heterocycles. The second-order valence-electron chi connectivity index (χ2n) is 7.07. The number of nitrogens with one attached hydrogen (secondary N) is 1. The van der Waals surface area contributed by atoms with Crippen LogP contribution in [0, 0.1) is 11.8 Å². The van der Waals surface area contributed by atoms with Crippen molar-refractivity contribution in [3.63, 3.8) is 0 Å². The molecule has 1 nitrogen and oxygen atoms in total. The van der Waals surface area contributed by atoms with Crippen molar-refractivity contribution in [2.24, 2.45) is 0 Å². The summed E-state index contributed by atoms with van der Waals surface area (Å²) >= 11 is 6.03. The van der Waals surface area contributed by atoms with Crippen molar-refractivity contribution in [1.82, 2.24) is 4.98 Å². The van der Waals surface area contributed by atoms with Crippen LogP contribution in [0.1, 0.15) is 22.6 Å². The van der Waals surface area contributed by atoms with Crippen molar-refractivity contribution in [1.29, 1.82) is 0 Å². The molecule has 1 atom stereocenters. The Hall–Kier alpha value is -3.47. The van der Waals surface area contributed by atoms with Crippen LogP contribution in [0.15, 0.2) is 97.2 Å². The Bertz CT molecular complexity index is 1360. The van der Waals surface area contributed by atoms with Crippen LogP contribution < -0.4 is 0 Å². The molecule has 0 saturated carbocycles. The van der Waals surface area contributed by atoms with E-state index in [1.807, 2.05) is 24.3 Å². The summed E-state index contributed by atoms with van der Waals surface area (Å²) in [5.74, 6) is 6.86. The Balaban J connectivity index is 1.72. The Kier molecular flexibility index (Phi) is 4.56. The van der Waals surface area contributed by atoms with Crippen LogP contribution >= 0.6 is 11.6 Å². The summed E-state index contributed by atoms with van der Waals surface area (Å²) in [5.41, 5.74) is 4.49. The summed E-state index contributed by atoms with van der Waals surface area (Å²) < 4.78 is 0. The maximum atomic E-state index is 6.03. The number of rotatable bonds is 2. The lowest BCUT2D eigenvalue weighted by Crippen LogP contribution is -1.99. The minimum absolute atomic E-state index is 0.0482. The molecule has 0 aliphatic rings. The Morgan fingerprint density at radius 1 is 0.690 bits per heavy atom. The van der Waals surface area contributed by atoms with E-state index in [1.54, 1.807) is 0 Å². The number of H-pyrrole nitrogens is 1. The molecule has 1 N–H and O–H groups in total. The largest absolute Gasteiger partial charge is 0.361 e. The monoisotopic (exact) mass is 391 g/mol. The van der Waals surface area contributed by atoms with E-state index in [-0.39, 0.29) is 5.92 Å². The third-order valence-corrected chi connectivity index (χ3v) is 5.52. The van der Waals surface area contributed by atoms with Gasteiger partial charge in [0.05, 0.1) is 5.92 Å². The number of halogens is 1. The lowest BCUT2D eigenvalue weighted by atomic mass is 9.88. The van der Waals surface area contributed by atoms with Crippen LogP contribution in [0.3, 0.4) is 0 Å². The molecule has 2 heteroatoms. The molecular weight excluding hydrogens is 374 g/mol. The summed E-state index contributed by atoms with van der Waals surface area (Å²) in [6.07, 6.45) is 2.09. The average Bonchev–Trinajstić information content (AvgIpc) is 3.19. The first-order chi connectivity index (χ1) is 14.3. The normalized spacial score (nSPS) is 11.9. The van der Waals surface area contributed by atoms with Crippen LogP contribution in [0.25, 0.3) is 21.7 Å². The lowest BCUT2D eigenvalue weighted by Gasteiger charge is -2.14. The molecule has 0 aliphatic carbocycles. The van der Waals surface area contributed by atoms with Crippen molar-refractivity contribution in [3.8, 4) is 11.8 Å². The number of hydrogen-bond acceptors (Lipinski definition) is 0. The Morgan fingerprint density at radius 3 is 2.28 bits per heavy atom. The Morgan fingerprint density at radius 2 is 1.41 bits per heavy atom. The predicted molar refractivity (Wildman–Crippen MR) is 122 cm³/mol. The third kappa shape index (κ3) is 3.40. The third-order valence-electron chi connectivity index (χ3n) is 5.27. The number of aromatic nitrogens is 1. The van der Waals surface area contributed by atoms with E-state index in [0.29, 0.717) is 0 Å². The highest BCUT2D eigenvalue weighted by atomic mass is 35.5. The van der Waals surface area contributed by atoms with Gasteiger partial charge in [0, 0.05) is 27.7 Å². The van der Waals surface area contributed by atoms with E-state index < -0.39 is 0 Å². The quantitative estimate of drug-likeness (QED) is 0.307. The van der Waals surface area contributed by atoms with E-state index in [4.69, 9.17) is 11.6 Å². The van der Waals surface area contributed by atoms with Gasteiger partial charge in [0.1, 0.15) is 0 Å². The van der Waals surface area contributed by atoms with Gasteiger partial charge in [-0.15, -0.1) is 0 Å². The SMILES string of the molecule is Clc1ccc(C#C[C@H](c2cccc3ccccc23)c2c[nH]c3ccccc23)cc1. The van der Waals surface area contributed by atoms with E-state index >= 15 is 0 Å². The van der Waals surface area contributed by atoms with Crippen molar-refractivity contribution in [3.05, 3.63) is 119 Å². The maximum Gasteiger partial charge on any atom is 0.0732 e. The van der Waals surface area contributed by atoms with Crippen LogP contribution in [-0.4, -0.2) is 4.98 Å². The minimum atomic E-state index is -0.0482. The number of hydrogen-bond donors (Lipinski definition) is 1. The predicted octanol–water partition coefficient (Wildman–Crippen LogP) is 7.16. The van der Waals surface area contributed by atoms with E-state index in [9.17, 15) is 0 Å². The highest BCUT2D eigenvalue weighted by Gasteiger charge is 2.18. The van der Waals surface area contributed by atoms with E-state index in [2.05, 4.69) is 89.8 Å². The van der Waals surface area contributed by atoms with Crippen LogP contribution in [0.2, 0.25) is 5.02 Å².